The number of benzene rings is 1. The lowest BCUT2D eigenvalue weighted by molar-refractivity contribution is 0.0788. The Bertz CT molecular complexity index is 554. The lowest BCUT2D eigenvalue weighted by Gasteiger charge is -2.16. The minimum Gasteiger partial charge on any atom is -0.395 e. The zero-order valence-electron chi connectivity index (χ0n) is 12.1. The number of aryl methyl sites for hydroxylation is 1. The number of nitrogens with zero attached hydrogens (tertiary/aromatic N) is 1. The van der Waals surface area contributed by atoms with Crippen molar-refractivity contribution in [2.45, 2.75) is 26.7 Å². The van der Waals surface area contributed by atoms with E-state index >= 15 is 0 Å². The second kappa shape index (κ2) is 6.58. The smallest absolute Gasteiger partial charge is 0.253 e. The second-order valence-electron chi connectivity index (χ2n) is 5.45. The summed E-state index contributed by atoms with van der Waals surface area (Å²) in [5, 5.41) is 8.72. The number of carbonyl (C=O) groups excluding carboxylic acids is 1. The molecular weight excluding hydrogens is 250 g/mol. The molecule has 106 valence electrons. The Morgan fingerprint density at radius 2 is 2.30 bits per heavy atom. The van der Waals surface area contributed by atoms with Crippen molar-refractivity contribution in [3.05, 3.63) is 34.9 Å². The number of rotatable bonds is 2. The van der Waals surface area contributed by atoms with Crippen molar-refractivity contribution in [3.63, 3.8) is 0 Å². The molecule has 0 aliphatic carbocycles. The molecular formula is C17H21NO2. The minimum absolute atomic E-state index is 0.0791. The molecule has 1 aromatic carbocycles. The monoisotopic (exact) mass is 271 g/mol. The molecule has 0 spiro atoms. The van der Waals surface area contributed by atoms with Crippen LogP contribution in [0.1, 0.15) is 41.3 Å². The van der Waals surface area contributed by atoms with E-state index in [1.165, 1.54) is 0 Å². The van der Waals surface area contributed by atoms with E-state index < -0.39 is 0 Å². The van der Waals surface area contributed by atoms with Gasteiger partial charge >= 0.3 is 0 Å². The third-order valence-corrected chi connectivity index (χ3v) is 3.64. The van der Waals surface area contributed by atoms with E-state index in [0.717, 1.165) is 36.2 Å². The van der Waals surface area contributed by atoms with Crippen molar-refractivity contribution in [1.29, 1.82) is 0 Å². The molecule has 1 fully saturated rings. The standard InChI is InChI=1S/C17H21NO2/c1-13-8-9-18(12-13)17(20)16-7-6-15(14(2)11-16)5-3-4-10-19/h6-7,11,13,19H,4,8-10,12H2,1-2H3. The molecule has 1 amide bonds. The number of likely N-dealkylation sites (tertiary alicyclic amines) is 1. The van der Waals surface area contributed by atoms with Gasteiger partial charge in [-0.1, -0.05) is 18.8 Å². The lowest BCUT2D eigenvalue weighted by atomic mass is 10.0. The van der Waals surface area contributed by atoms with Crippen molar-refractivity contribution < 1.29 is 9.90 Å². The fraction of sp³-hybridized carbons (Fsp3) is 0.471. The fourth-order valence-electron chi connectivity index (χ4n) is 2.45. The van der Waals surface area contributed by atoms with Gasteiger partial charge in [-0.3, -0.25) is 4.79 Å². The third-order valence-electron chi connectivity index (χ3n) is 3.64. The molecule has 1 atom stereocenters. The second-order valence-corrected chi connectivity index (χ2v) is 5.45. The molecule has 0 radical (unpaired) electrons. The summed E-state index contributed by atoms with van der Waals surface area (Å²) < 4.78 is 0. The van der Waals surface area contributed by atoms with Gasteiger partial charge in [0.05, 0.1) is 6.61 Å². The minimum atomic E-state index is 0.0791. The van der Waals surface area contributed by atoms with Crippen LogP contribution in [0, 0.1) is 24.7 Å². The first kappa shape index (κ1) is 14.6. The van der Waals surface area contributed by atoms with E-state index in [2.05, 4.69) is 18.8 Å². The molecule has 0 aromatic heterocycles. The highest BCUT2D eigenvalue weighted by Gasteiger charge is 2.24. The average molecular weight is 271 g/mol. The van der Waals surface area contributed by atoms with Gasteiger partial charge in [0.15, 0.2) is 0 Å². The molecule has 1 unspecified atom stereocenters. The normalized spacial score (nSPS) is 17.8. The van der Waals surface area contributed by atoms with Gasteiger partial charge in [0.25, 0.3) is 5.91 Å². The maximum Gasteiger partial charge on any atom is 0.253 e. The van der Waals surface area contributed by atoms with Crippen molar-refractivity contribution >= 4 is 5.91 Å². The molecule has 1 heterocycles. The number of hydrogen-bond donors (Lipinski definition) is 1. The Morgan fingerprint density at radius 3 is 2.90 bits per heavy atom. The predicted molar refractivity (Wildman–Crippen MR) is 79.4 cm³/mol. The molecule has 1 N–H and O–H groups in total. The zero-order valence-corrected chi connectivity index (χ0v) is 12.1. The zero-order chi connectivity index (χ0) is 14.5. The van der Waals surface area contributed by atoms with E-state index in [9.17, 15) is 4.79 Å². The summed E-state index contributed by atoms with van der Waals surface area (Å²) in [6.07, 6.45) is 1.57. The highest BCUT2D eigenvalue weighted by molar-refractivity contribution is 5.94. The van der Waals surface area contributed by atoms with Crippen LogP contribution in [-0.4, -0.2) is 35.6 Å². The van der Waals surface area contributed by atoms with Gasteiger partial charge < -0.3 is 10.0 Å². The molecule has 20 heavy (non-hydrogen) atoms. The number of aliphatic hydroxyl groups excluding tert-OH is 1. The Morgan fingerprint density at radius 1 is 1.50 bits per heavy atom. The largest absolute Gasteiger partial charge is 0.395 e. The molecule has 2 rings (SSSR count). The van der Waals surface area contributed by atoms with Crippen molar-refractivity contribution in [3.8, 4) is 11.8 Å². The molecule has 0 bridgehead atoms. The lowest BCUT2D eigenvalue weighted by Crippen LogP contribution is -2.28. The van der Waals surface area contributed by atoms with Gasteiger partial charge in [0.2, 0.25) is 0 Å². The maximum atomic E-state index is 12.4. The third kappa shape index (κ3) is 3.40. The van der Waals surface area contributed by atoms with Crippen LogP contribution < -0.4 is 0 Å². The van der Waals surface area contributed by atoms with Gasteiger partial charge in [-0.2, -0.15) is 0 Å². The molecule has 0 saturated carbocycles. The summed E-state index contributed by atoms with van der Waals surface area (Å²) in [5.74, 6) is 6.65. The molecule has 3 nitrogen and oxygen atoms in total. The van der Waals surface area contributed by atoms with Gasteiger partial charge in [-0.15, -0.1) is 0 Å². The van der Waals surface area contributed by atoms with Crippen LogP contribution in [0.2, 0.25) is 0 Å². The molecule has 3 heteroatoms. The summed E-state index contributed by atoms with van der Waals surface area (Å²) in [6, 6.07) is 5.65. The summed E-state index contributed by atoms with van der Waals surface area (Å²) in [6.45, 7) is 5.94. The van der Waals surface area contributed by atoms with Crippen LogP contribution in [-0.2, 0) is 0 Å². The van der Waals surface area contributed by atoms with E-state index in [1.807, 2.05) is 30.0 Å². The van der Waals surface area contributed by atoms with Crippen LogP contribution in [0.25, 0.3) is 0 Å². The quantitative estimate of drug-likeness (QED) is 0.838. The Kier molecular flexibility index (Phi) is 4.81. The highest BCUT2D eigenvalue weighted by atomic mass is 16.2. The van der Waals surface area contributed by atoms with Crippen molar-refractivity contribution in [2.24, 2.45) is 5.92 Å². The Hall–Kier alpha value is -1.79. The van der Waals surface area contributed by atoms with Crippen molar-refractivity contribution in [2.75, 3.05) is 19.7 Å². The Balaban J connectivity index is 2.13. The number of hydrogen-bond acceptors (Lipinski definition) is 2. The average Bonchev–Trinajstić information content (AvgIpc) is 2.86. The van der Waals surface area contributed by atoms with Crippen LogP contribution >= 0.6 is 0 Å². The maximum absolute atomic E-state index is 12.4. The van der Waals surface area contributed by atoms with Crippen LogP contribution in [0.5, 0.6) is 0 Å². The van der Waals surface area contributed by atoms with Gasteiger partial charge in [-0.05, 0) is 43.0 Å². The molecule has 1 aliphatic heterocycles. The number of aliphatic hydroxyl groups is 1. The summed E-state index contributed by atoms with van der Waals surface area (Å²) >= 11 is 0. The molecule has 1 aromatic rings. The summed E-state index contributed by atoms with van der Waals surface area (Å²) in [4.78, 5) is 14.3. The fourth-order valence-corrected chi connectivity index (χ4v) is 2.45. The first-order valence-electron chi connectivity index (χ1n) is 7.11. The van der Waals surface area contributed by atoms with E-state index in [4.69, 9.17) is 5.11 Å². The van der Waals surface area contributed by atoms with Crippen LogP contribution in [0.4, 0.5) is 0 Å². The summed E-state index contributed by atoms with van der Waals surface area (Å²) in [7, 11) is 0. The summed E-state index contributed by atoms with van der Waals surface area (Å²) in [5.41, 5.74) is 2.67. The van der Waals surface area contributed by atoms with E-state index in [0.29, 0.717) is 12.3 Å². The van der Waals surface area contributed by atoms with Crippen LogP contribution in [0.3, 0.4) is 0 Å². The van der Waals surface area contributed by atoms with E-state index in [1.54, 1.807) is 0 Å². The van der Waals surface area contributed by atoms with Gasteiger partial charge in [0.1, 0.15) is 0 Å². The van der Waals surface area contributed by atoms with Crippen molar-refractivity contribution in [1.82, 2.24) is 4.90 Å². The van der Waals surface area contributed by atoms with Gasteiger partial charge in [-0.25, -0.2) is 0 Å². The first-order valence-corrected chi connectivity index (χ1v) is 7.11. The predicted octanol–water partition coefficient (Wildman–Crippen LogP) is 2.21. The topological polar surface area (TPSA) is 40.5 Å². The SMILES string of the molecule is Cc1cc(C(=O)N2CCC(C)C2)ccc1C#CCCO. The number of amides is 1. The first-order chi connectivity index (χ1) is 9.61. The number of carbonyl (C=O) groups is 1. The van der Waals surface area contributed by atoms with Gasteiger partial charge in [0, 0.05) is 30.6 Å². The highest BCUT2D eigenvalue weighted by Crippen LogP contribution is 2.19. The van der Waals surface area contributed by atoms with Crippen LogP contribution in [0.15, 0.2) is 18.2 Å². The van der Waals surface area contributed by atoms with E-state index in [-0.39, 0.29) is 12.5 Å². The Labute approximate surface area is 120 Å². The molecule has 1 aliphatic rings. The molecule has 1 saturated heterocycles.